The van der Waals surface area contributed by atoms with Gasteiger partial charge in [0.15, 0.2) is 5.82 Å². The van der Waals surface area contributed by atoms with E-state index in [4.69, 9.17) is 0 Å². The summed E-state index contributed by atoms with van der Waals surface area (Å²) in [7, 11) is -3.52. The Labute approximate surface area is 122 Å². The third kappa shape index (κ3) is 3.08. The molecule has 0 aliphatic rings. The quantitative estimate of drug-likeness (QED) is 0.918. The monoisotopic (exact) mass is 314 g/mol. The summed E-state index contributed by atoms with van der Waals surface area (Å²) in [5, 5.41) is 9.68. The van der Waals surface area contributed by atoms with Crippen LogP contribution in [0, 0.1) is 6.92 Å². The lowest BCUT2D eigenvalue weighted by molar-refractivity contribution is 0.515. The Bertz CT molecular complexity index is 688. The molecular weight excluding hydrogens is 296 g/mol. The van der Waals surface area contributed by atoms with Crippen molar-refractivity contribution in [3.05, 3.63) is 29.2 Å². The summed E-state index contributed by atoms with van der Waals surface area (Å²) >= 11 is 1.21. The molecule has 20 heavy (non-hydrogen) atoms. The van der Waals surface area contributed by atoms with E-state index in [0.717, 1.165) is 5.56 Å². The Kier molecular flexibility index (Phi) is 4.26. The van der Waals surface area contributed by atoms with Crippen LogP contribution in [0.3, 0.4) is 0 Å². The van der Waals surface area contributed by atoms with Gasteiger partial charge in [-0.25, -0.2) is 13.1 Å². The summed E-state index contributed by atoms with van der Waals surface area (Å²) in [4.78, 5) is 0. The lowest BCUT2D eigenvalue weighted by Gasteiger charge is -2.16. The lowest BCUT2D eigenvalue weighted by Crippen LogP contribution is -2.28. The standard InChI is InChI=1S/C12H18N4O2S2/c1-8(2)16-7-13-14-12(16)10(4)15-20(17,18)11-5-9(3)6-19-11/h5-8,10,15H,1-4H3/t10-/m0/s1. The molecule has 0 fully saturated rings. The van der Waals surface area contributed by atoms with Crippen molar-refractivity contribution in [3.63, 3.8) is 0 Å². The van der Waals surface area contributed by atoms with Crippen LogP contribution in [-0.2, 0) is 10.0 Å². The molecule has 0 saturated carbocycles. The molecule has 2 rings (SSSR count). The summed E-state index contributed by atoms with van der Waals surface area (Å²) in [5.41, 5.74) is 0.938. The average molecular weight is 314 g/mol. The molecule has 2 heterocycles. The molecule has 1 N–H and O–H groups in total. The van der Waals surface area contributed by atoms with Crippen LogP contribution in [0.4, 0.5) is 0 Å². The first-order chi connectivity index (χ1) is 9.31. The van der Waals surface area contributed by atoms with Crippen molar-refractivity contribution in [2.24, 2.45) is 0 Å². The van der Waals surface area contributed by atoms with Crippen molar-refractivity contribution in [2.45, 2.75) is 44.0 Å². The minimum atomic E-state index is -3.52. The maximum absolute atomic E-state index is 12.3. The topological polar surface area (TPSA) is 76.9 Å². The van der Waals surface area contributed by atoms with Crippen molar-refractivity contribution in [1.82, 2.24) is 19.5 Å². The minimum absolute atomic E-state index is 0.177. The molecule has 1 atom stereocenters. The largest absolute Gasteiger partial charge is 0.314 e. The van der Waals surface area contributed by atoms with E-state index < -0.39 is 16.1 Å². The third-order valence-corrected chi connectivity index (χ3v) is 5.95. The Morgan fingerprint density at radius 2 is 2.05 bits per heavy atom. The van der Waals surface area contributed by atoms with Gasteiger partial charge in [-0.15, -0.1) is 21.5 Å². The number of nitrogens with zero attached hydrogens (tertiary/aromatic N) is 3. The smallest absolute Gasteiger partial charge is 0.250 e. The normalized spacial score (nSPS) is 13.8. The van der Waals surface area contributed by atoms with Crippen LogP contribution >= 0.6 is 11.3 Å². The molecule has 0 spiro atoms. The predicted molar refractivity (Wildman–Crippen MR) is 78.2 cm³/mol. The Balaban J connectivity index is 2.23. The molecule has 2 aromatic heterocycles. The highest BCUT2D eigenvalue weighted by molar-refractivity contribution is 7.91. The molecule has 2 aromatic rings. The Morgan fingerprint density at radius 1 is 1.35 bits per heavy atom. The summed E-state index contributed by atoms with van der Waals surface area (Å²) in [6.45, 7) is 7.63. The highest BCUT2D eigenvalue weighted by Gasteiger charge is 2.23. The van der Waals surface area contributed by atoms with Crippen molar-refractivity contribution in [3.8, 4) is 0 Å². The molecule has 0 radical (unpaired) electrons. The van der Waals surface area contributed by atoms with E-state index in [2.05, 4.69) is 14.9 Å². The molecule has 8 heteroatoms. The number of hydrogen-bond donors (Lipinski definition) is 1. The third-order valence-electron chi connectivity index (χ3n) is 2.85. The summed E-state index contributed by atoms with van der Waals surface area (Å²) < 4.78 is 29.4. The minimum Gasteiger partial charge on any atom is -0.314 e. The fraction of sp³-hybridized carbons (Fsp3) is 0.500. The first kappa shape index (κ1) is 15.1. The second-order valence-electron chi connectivity index (χ2n) is 4.98. The van der Waals surface area contributed by atoms with Gasteiger partial charge in [0.2, 0.25) is 0 Å². The van der Waals surface area contributed by atoms with Crippen LogP contribution in [0.5, 0.6) is 0 Å². The second kappa shape index (κ2) is 5.63. The Hall–Kier alpha value is -1.25. The number of aromatic nitrogens is 3. The molecule has 110 valence electrons. The highest BCUT2D eigenvalue weighted by Crippen LogP contribution is 2.22. The second-order valence-corrected chi connectivity index (χ2v) is 7.83. The number of sulfonamides is 1. The summed E-state index contributed by atoms with van der Waals surface area (Å²) in [6, 6.07) is 1.40. The first-order valence-corrected chi connectivity index (χ1v) is 8.64. The molecule has 0 amide bonds. The van der Waals surface area contributed by atoms with Crippen molar-refractivity contribution >= 4 is 21.4 Å². The van der Waals surface area contributed by atoms with Gasteiger partial charge < -0.3 is 4.57 Å². The summed E-state index contributed by atoms with van der Waals surface area (Å²) in [6.07, 6.45) is 1.61. The van der Waals surface area contributed by atoms with Crippen LogP contribution in [0.25, 0.3) is 0 Å². The summed E-state index contributed by atoms with van der Waals surface area (Å²) in [5.74, 6) is 0.608. The highest BCUT2D eigenvalue weighted by atomic mass is 32.2. The molecule has 0 saturated heterocycles. The van der Waals surface area contributed by atoms with Crippen LogP contribution in [-0.4, -0.2) is 23.2 Å². The fourth-order valence-electron chi connectivity index (χ4n) is 1.85. The van der Waals surface area contributed by atoms with Crippen LogP contribution in [0.1, 0.15) is 44.2 Å². The van der Waals surface area contributed by atoms with Crippen LogP contribution in [0.15, 0.2) is 22.0 Å². The van der Waals surface area contributed by atoms with Gasteiger partial charge >= 0.3 is 0 Å². The molecule has 0 unspecified atom stereocenters. The van der Waals surface area contributed by atoms with Gasteiger partial charge in [0.1, 0.15) is 10.5 Å². The number of thiophene rings is 1. The van der Waals surface area contributed by atoms with Gasteiger partial charge in [-0.3, -0.25) is 0 Å². The molecular formula is C12H18N4O2S2. The van der Waals surface area contributed by atoms with Gasteiger partial charge in [0, 0.05) is 6.04 Å². The molecule has 6 nitrogen and oxygen atoms in total. The molecule has 0 aliphatic carbocycles. The zero-order valence-electron chi connectivity index (χ0n) is 11.9. The zero-order chi connectivity index (χ0) is 14.9. The fourth-order valence-corrected chi connectivity index (χ4v) is 4.30. The number of nitrogens with one attached hydrogen (secondary N) is 1. The van der Waals surface area contributed by atoms with E-state index in [0.29, 0.717) is 10.0 Å². The van der Waals surface area contributed by atoms with E-state index >= 15 is 0 Å². The SMILES string of the molecule is Cc1csc(S(=O)(=O)N[C@@H](C)c2nncn2C(C)C)c1. The van der Waals surface area contributed by atoms with Crippen molar-refractivity contribution in [1.29, 1.82) is 0 Å². The Morgan fingerprint density at radius 3 is 2.60 bits per heavy atom. The van der Waals surface area contributed by atoms with Crippen LogP contribution in [0.2, 0.25) is 0 Å². The number of rotatable bonds is 5. The van der Waals surface area contributed by atoms with Gasteiger partial charge in [0.05, 0.1) is 6.04 Å². The van der Waals surface area contributed by atoms with Crippen molar-refractivity contribution in [2.75, 3.05) is 0 Å². The van der Waals surface area contributed by atoms with E-state index in [1.54, 1.807) is 19.3 Å². The zero-order valence-corrected chi connectivity index (χ0v) is 13.5. The van der Waals surface area contributed by atoms with Gasteiger partial charge in [-0.1, -0.05) is 0 Å². The molecule has 0 aliphatic heterocycles. The van der Waals surface area contributed by atoms with E-state index in [-0.39, 0.29) is 6.04 Å². The van der Waals surface area contributed by atoms with E-state index in [1.165, 1.54) is 11.3 Å². The first-order valence-electron chi connectivity index (χ1n) is 6.28. The molecule has 0 bridgehead atoms. The van der Waals surface area contributed by atoms with Gasteiger partial charge in [-0.2, -0.15) is 0 Å². The lowest BCUT2D eigenvalue weighted by atomic mass is 10.3. The predicted octanol–water partition coefficient (Wildman–Crippen LogP) is 2.27. The van der Waals surface area contributed by atoms with Crippen molar-refractivity contribution < 1.29 is 8.42 Å². The molecule has 0 aromatic carbocycles. The maximum atomic E-state index is 12.3. The maximum Gasteiger partial charge on any atom is 0.250 e. The number of aryl methyl sites for hydroxylation is 1. The van der Waals surface area contributed by atoms with E-state index in [1.807, 2.05) is 30.7 Å². The van der Waals surface area contributed by atoms with Gasteiger partial charge in [-0.05, 0) is 44.7 Å². The van der Waals surface area contributed by atoms with E-state index in [9.17, 15) is 8.42 Å². The number of hydrogen-bond acceptors (Lipinski definition) is 5. The average Bonchev–Trinajstić information content (AvgIpc) is 2.96. The van der Waals surface area contributed by atoms with Crippen LogP contribution < -0.4 is 4.72 Å². The van der Waals surface area contributed by atoms with Gasteiger partial charge in [0.25, 0.3) is 10.0 Å².